The molecule has 6 heterocycles. The molecule has 4 aromatic rings. The van der Waals surface area contributed by atoms with Crippen LogP contribution >= 0.6 is 0 Å². The molecule has 0 radical (unpaired) electrons. The van der Waals surface area contributed by atoms with E-state index in [1.807, 2.05) is 4.90 Å². The fourth-order valence-electron chi connectivity index (χ4n) is 8.25. The minimum absolute atomic E-state index is 0.0350. The van der Waals surface area contributed by atoms with Crippen molar-refractivity contribution >= 4 is 33.6 Å². The Morgan fingerprint density at radius 2 is 1.79 bits per heavy atom. The Hall–Kier alpha value is -4.36. The first kappa shape index (κ1) is 30.0. The van der Waals surface area contributed by atoms with Gasteiger partial charge in [0.05, 0.1) is 29.6 Å². The molecule has 4 fully saturated rings. The third kappa shape index (κ3) is 5.16. The summed E-state index contributed by atoms with van der Waals surface area (Å²) < 4.78 is 37.5. The molecule has 8 nitrogen and oxygen atoms in total. The summed E-state index contributed by atoms with van der Waals surface area (Å²) in [5.74, 6) is 6.53. The molecule has 2 atom stereocenters. The number of ether oxygens (including phenoxy) is 1. The number of carbonyl (C=O) groups is 1. The summed E-state index contributed by atoms with van der Waals surface area (Å²) in [6.45, 7) is 5.64. The monoisotopic (exact) mass is 636 g/mol. The Labute approximate surface area is 273 Å². The van der Waals surface area contributed by atoms with E-state index < -0.39 is 11.6 Å². The van der Waals surface area contributed by atoms with Gasteiger partial charge in [0.1, 0.15) is 22.8 Å². The molecule has 0 spiro atoms. The second-order valence-corrected chi connectivity index (χ2v) is 13.3. The first-order valence-electron chi connectivity index (χ1n) is 17.0. The second-order valence-electron chi connectivity index (χ2n) is 13.3. The average Bonchev–Trinajstić information content (AvgIpc) is 3.74. The first-order valence-corrected chi connectivity index (χ1v) is 17.0. The Morgan fingerprint density at radius 3 is 2.53 bits per heavy atom. The molecular weight excluding hydrogens is 598 g/mol. The zero-order valence-corrected chi connectivity index (χ0v) is 26.6. The Morgan fingerprint density at radius 1 is 1.04 bits per heavy atom. The van der Waals surface area contributed by atoms with Gasteiger partial charge >= 0.3 is 6.09 Å². The van der Waals surface area contributed by atoms with Gasteiger partial charge in [0.2, 0.25) is 5.82 Å². The van der Waals surface area contributed by atoms with Crippen LogP contribution in [0.15, 0.2) is 42.6 Å². The summed E-state index contributed by atoms with van der Waals surface area (Å²) in [7, 11) is 0. The van der Waals surface area contributed by atoms with Crippen LogP contribution in [0.1, 0.15) is 64.1 Å². The average molecular weight is 637 g/mol. The Kier molecular flexibility index (Phi) is 7.67. The predicted octanol–water partition coefficient (Wildman–Crippen LogP) is 6.69. The fraction of sp³-hybridized carbons (Fsp3) is 0.459. The van der Waals surface area contributed by atoms with Crippen LogP contribution in [0.4, 0.5) is 19.4 Å². The van der Waals surface area contributed by atoms with Crippen molar-refractivity contribution in [2.45, 2.75) is 75.9 Å². The lowest BCUT2D eigenvalue weighted by atomic mass is 9.95. The van der Waals surface area contributed by atoms with Gasteiger partial charge < -0.3 is 9.64 Å². The number of hydrogen-bond donors (Lipinski definition) is 0. The van der Waals surface area contributed by atoms with E-state index in [-0.39, 0.29) is 40.8 Å². The van der Waals surface area contributed by atoms with Crippen LogP contribution in [0.25, 0.3) is 32.9 Å². The molecule has 242 valence electrons. The highest BCUT2D eigenvalue weighted by Crippen LogP contribution is 2.40. The molecule has 0 aliphatic carbocycles. The Balaban J connectivity index is 1.22. The van der Waals surface area contributed by atoms with Crippen molar-refractivity contribution in [2.75, 3.05) is 37.7 Å². The third-order valence-electron chi connectivity index (χ3n) is 10.5. The van der Waals surface area contributed by atoms with E-state index >= 15 is 8.78 Å². The molecule has 0 N–H and O–H groups in total. The standard InChI is InChI=1S/C37H38F2N6O2/c1-2-3-20-47-36(46)45-25-12-13-26(45)23-43(22-25)35-28-21-40-33(27-10-4-8-24-9-5-11-29(38)31(24)27)32(39)34(28)41-30(42-35)14-17-37-15-6-18-44(37)19-7-16-37/h4-5,8-11,21,25-26H,2-3,6-7,12-13,15-16,18-20,22-23H2,1H3. The molecule has 10 heteroatoms. The minimum Gasteiger partial charge on any atom is -0.449 e. The lowest BCUT2D eigenvalue weighted by molar-refractivity contribution is 0.0777. The Bertz CT molecular complexity index is 1910. The highest BCUT2D eigenvalue weighted by atomic mass is 19.1. The summed E-state index contributed by atoms with van der Waals surface area (Å²) >= 11 is 0. The van der Waals surface area contributed by atoms with Crippen LogP contribution in [-0.4, -0.2) is 81.3 Å². The van der Waals surface area contributed by atoms with Crippen molar-refractivity contribution in [1.29, 1.82) is 0 Å². The number of piperazine rings is 1. The van der Waals surface area contributed by atoms with Gasteiger partial charge in [-0.2, -0.15) is 0 Å². The van der Waals surface area contributed by atoms with Gasteiger partial charge in [-0.1, -0.05) is 49.6 Å². The highest BCUT2D eigenvalue weighted by molar-refractivity contribution is 5.99. The number of unbranched alkanes of at least 4 members (excludes halogenated alkanes) is 1. The van der Waals surface area contributed by atoms with E-state index in [2.05, 4.69) is 33.5 Å². The molecular formula is C37H38F2N6O2. The van der Waals surface area contributed by atoms with Crippen LogP contribution in [0.5, 0.6) is 0 Å². The van der Waals surface area contributed by atoms with Crippen molar-refractivity contribution < 1.29 is 18.3 Å². The second kappa shape index (κ2) is 12.0. The number of hydrogen-bond acceptors (Lipinski definition) is 7. The van der Waals surface area contributed by atoms with Crippen LogP contribution < -0.4 is 4.90 Å². The number of nitrogens with zero attached hydrogens (tertiary/aromatic N) is 6. The van der Waals surface area contributed by atoms with Crippen LogP contribution in [0.3, 0.4) is 0 Å². The number of pyridine rings is 1. The van der Waals surface area contributed by atoms with Gasteiger partial charge in [-0.05, 0) is 75.4 Å². The summed E-state index contributed by atoms with van der Waals surface area (Å²) in [6.07, 6.45) is 9.09. The first-order chi connectivity index (χ1) is 23.0. The van der Waals surface area contributed by atoms with E-state index in [1.54, 1.807) is 36.5 Å². The van der Waals surface area contributed by atoms with E-state index in [1.165, 1.54) is 6.07 Å². The smallest absolute Gasteiger partial charge is 0.410 e. The lowest BCUT2D eigenvalue weighted by Crippen LogP contribution is -2.56. The molecule has 4 saturated heterocycles. The minimum atomic E-state index is -0.632. The fourth-order valence-corrected chi connectivity index (χ4v) is 8.25. The molecule has 1 amide bonds. The van der Waals surface area contributed by atoms with Crippen molar-refractivity contribution in [3.05, 3.63) is 60.1 Å². The molecule has 4 aliphatic rings. The van der Waals surface area contributed by atoms with Gasteiger partial charge in [0.15, 0.2) is 5.82 Å². The zero-order chi connectivity index (χ0) is 32.1. The van der Waals surface area contributed by atoms with Gasteiger partial charge in [0.25, 0.3) is 0 Å². The van der Waals surface area contributed by atoms with Gasteiger partial charge in [0, 0.05) is 30.2 Å². The number of carbonyl (C=O) groups excluding carboxylic acids is 1. The predicted molar refractivity (Wildman–Crippen MR) is 177 cm³/mol. The van der Waals surface area contributed by atoms with E-state index in [0.29, 0.717) is 47.2 Å². The molecule has 2 unspecified atom stereocenters. The zero-order valence-electron chi connectivity index (χ0n) is 26.6. The number of rotatable bonds is 5. The van der Waals surface area contributed by atoms with Gasteiger partial charge in [-0.3, -0.25) is 14.8 Å². The molecule has 2 bridgehead atoms. The number of anilines is 1. The molecule has 0 saturated carbocycles. The van der Waals surface area contributed by atoms with Crippen molar-refractivity contribution in [3.8, 4) is 23.1 Å². The summed E-state index contributed by atoms with van der Waals surface area (Å²) in [5.41, 5.74) is 0.336. The summed E-state index contributed by atoms with van der Waals surface area (Å²) in [5, 5.41) is 1.45. The number of halogens is 2. The van der Waals surface area contributed by atoms with E-state index in [9.17, 15) is 4.79 Å². The SMILES string of the molecule is CCCCOC(=O)N1C2CCC1CN(c1nc(C#CC34CCCN3CCC4)nc3c(F)c(-c4cccc5cccc(F)c45)ncc13)C2. The number of benzene rings is 2. The maximum Gasteiger partial charge on any atom is 0.410 e. The quantitative estimate of drug-likeness (QED) is 0.179. The maximum absolute atomic E-state index is 16.8. The number of aromatic nitrogens is 3. The molecule has 4 aliphatic heterocycles. The molecule has 8 rings (SSSR count). The highest BCUT2D eigenvalue weighted by Gasteiger charge is 2.45. The van der Waals surface area contributed by atoms with E-state index in [0.717, 1.165) is 64.5 Å². The van der Waals surface area contributed by atoms with Crippen LogP contribution in [0.2, 0.25) is 0 Å². The van der Waals surface area contributed by atoms with Gasteiger partial charge in [-0.25, -0.2) is 23.5 Å². The molecule has 2 aromatic carbocycles. The van der Waals surface area contributed by atoms with Crippen molar-refractivity contribution in [1.82, 2.24) is 24.8 Å². The summed E-state index contributed by atoms with van der Waals surface area (Å²) in [4.78, 5) is 33.7. The maximum atomic E-state index is 16.8. The largest absolute Gasteiger partial charge is 0.449 e. The normalized spacial score (nSPS) is 21.7. The topological polar surface area (TPSA) is 74.7 Å². The lowest BCUT2D eigenvalue weighted by Gasteiger charge is -2.41. The van der Waals surface area contributed by atoms with Crippen LogP contribution in [0, 0.1) is 23.5 Å². The van der Waals surface area contributed by atoms with Gasteiger partial charge in [-0.15, -0.1) is 0 Å². The van der Waals surface area contributed by atoms with Crippen molar-refractivity contribution in [3.63, 3.8) is 0 Å². The van der Waals surface area contributed by atoms with Crippen LogP contribution in [-0.2, 0) is 4.74 Å². The number of fused-ring (bicyclic) bond motifs is 5. The third-order valence-corrected chi connectivity index (χ3v) is 10.5. The molecule has 47 heavy (non-hydrogen) atoms. The van der Waals surface area contributed by atoms with E-state index in [4.69, 9.17) is 14.7 Å². The number of amides is 1. The summed E-state index contributed by atoms with van der Waals surface area (Å²) in [6, 6.07) is 10.0. The molecule has 2 aromatic heterocycles. The van der Waals surface area contributed by atoms with Crippen molar-refractivity contribution in [2.24, 2.45) is 0 Å².